The zero-order valence-corrected chi connectivity index (χ0v) is 61.9. The number of likely N-dealkylation sites (tertiary alicyclic amines) is 1. The molecule has 2 heterocycles. The third kappa shape index (κ3) is 26.8. The van der Waals surface area contributed by atoms with Gasteiger partial charge in [0, 0.05) is 65.0 Å². The van der Waals surface area contributed by atoms with Gasteiger partial charge in [0.2, 0.25) is 41.4 Å². The van der Waals surface area contributed by atoms with Crippen LogP contribution in [0.1, 0.15) is 113 Å². The molecule has 12 amide bonds. The number of sulfonamides is 1. The predicted molar refractivity (Wildman–Crippen MR) is 376 cm³/mol. The van der Waals surface area contributed by atoms with Gasteiger partial charge in [-0.15, -0.1) is 0 Å². The van der Waals surface area contributed by atoms with Crippen LogP contribution in [-0.2, 0) is 88.1 Å². The zero-order chi connectivity index (χ0) is 75.3. The highest BCUT2D eigenvalue weighted by atomic mass is 32.2. The summed E-state index contributed by atoms with van der Waals surface area (Å²) in [6.45, 7) is 18.0. The largest absolute Gasteiger partial charge is 0.379 e. The number of hydrogen-bond donors (Lipinski definition) is 8. The number of primary amides is 1. The van der Waals surface area contributed by atoms with Crippen LogP contribution < -0.4 is 42.4 Å². The van der Waals surface area contributed by atoms with E-state index >= 15 is 0 Å². The number of carbonyl (C=O) groups is 11. The standard InChI is InChI=1S/C70H110N12O18S/c1-15-46(8)62(80(12)69(92)60(44(4)5)77-68(91)61(45(6)7)79(10)11)54(96-13)42-58(86)81-33-20-24-53(81)63(97-14)47(9)64(87)75-52(41-48-21-17-16-18-22-48)66(89)78-101(94,95)50-27-25-49(26-28-50)73-65(88)51(23-19-32-72-70(71)93)74-67(90)59(43(2)3)76-55(83)31-35-98-37-39-100-40-38-99-36-34-82-56(84)29-30-57(82)85/h16-18,21-22,25-30,43-47,51-54,59-63H,15,19-20,23-24,31-42H2,1-14H3,(H,73,88)(H,74,90)(H,75,87)(H,76,83)(H,77,91)(H,78,89)(H3,71,72,93)/t46-,47+,51-,52-,53-,54+,59-,60-,61-,62-,63+/m0/s1. The van der Waals surface area contributed by atoms with E-state index in [1.165, 1.54) is 38.5 Å². The van der Waals surface area contributed by atoms with Gasteiger partial charge in [0.15, 0.2) is 0 Å². The molecule has 0 aliphatic carbocycles. The number of nitrogens with one attached hydrogen (secondary N) is 7. The molecular formula is C70H110N12O18S. The molecule has 2 aliphatic rings. The van der Waals surface area contributed by atoms with Crippen LogP contribution in [0.15, 0.2) is 71.6 Å². The van der Waals surface area contributed by atoms with Gasteiger partial charge in [-0.3, -0.25) is 57.7 Å². The van der Waals surface area contributed by atoms with Gasteiger partial charge in [-0.2, -0.15) is 0 Å². The van der Waals surface area contributed by atoms with E-state index in [9.17, 15) is 61.2 Å². The zero-order valence-electron chi connectivity index (χ0n) is 61.1. The third-order valence-corrected chi connectivity index (χ3v) is 19.3. The molecule has 4 rings (SSSR count). The smallest absolute Gasteiger partial charge is 0.312 e. The first kappa shape index (κ1) is 85.5. The Bertz CT molecular complexity index is 3190. The first-order valence-corrected chi connectivity index (χ1v) is 36.1. The lowest BCUT2D eigenvalue weighted by molar-refractivity contribution is -0.148. The molecule has 564 valence electrons. The van der Waals surface area contributed by atoms with E-state index < -0.39 is 124 Å². The van der Waals surface area contributed by atoms with Gasteiger partial charge in [-0.05, 0) is 93.3 Å². The molecule has 0 bridgehead atoms. The lowest BCUT2D eigenvalue weighted by Gasteiger charge is -2.41. The van der Waals surface area contributed by atoms with E-state index in [2.05, 4.69) is 36.6 Å². The number of carbonyl (C=O) groups excluding carboxylic acids is 11. The number of benzene rings is 2. The summed E-state index contributed by atoms with van der Waals surface area (Å²) in [6.07, 6.45) is 2.17. The maximum Gasteiger partial charge on any atom is 0.312 e. The van der Waals surface area contributed by atoms with Gasteiger partial charge in [0.25, 0.3) is 27.7 Å². The van der Waals surface area contributed by atoms with Crippen LogP contribution in [0.25, 0.3) is 0 Å². The van der Waals surface area contributed by atoms with Crippen molar-refractivity contribution < 1.29 is 84.8 Å². The number of methoxy groups -OCH3 is 2. The second kappa shape index (κ2) is 42.5. The number of hydrogen-bond acceptors (Lipinski definition) is 19. The van der Waals surface area contributed by atoms with Crippen LogP contribution in [-0.4, -0.2) is 242 Å². The van der Waals surface area contributed by atoms with Crippen molar-refractivity contribution in [1.29, 1.82) is 0 Å². The van der Waals surface area contributed by atoms with Gasteiger partial charge in [-0.1, -0.05) is 99.1 Å². The quantitative estimate of drug-likeness (QED) is 0.0348. The number of likely N-dealkylation sites (N-methyl/N-ethyl adjacent to an activating group) is 2. The van der Waals surface area contributed by atoms with E-state index in [1.807, 2.05) is 60.5 Å². The Morgan fingerprint density at radius 3 is 1.82 bits per heavy atom. The Hall–Kier alpha value is -7.94. The lowest BCUT2D eigenvalue weighted by atomic mass is 9.89. The Morgan fingerprint density at radius 1 is 0.673 bits per heavy atom. The molecule has 30 nitrogen and oxygen atoms in total. The molecule has 0 spiro atoms. The number of imide groups is 1. The lowest BCUT2D eigenvalue weighted by Crippen LogP contribution is -2.59. The molecule has 31 heteroatoms. The summed E-state index contributed by atoms with van der Waals surface area (Å²) in [7, 11) is 3.55. The molecular weight excluding hydrogens is 1330 g/mol. The fourth-order valence-corrected chi connectivity index (χ4v) is 13.3. The molecule has 0 saturated carbocycles. The Morgan fingerprint density at radius 2 is 1.27 bits per heavy atom. The van der Waals surface area contributed by atoms with Crippen LogP contribution in [0.2, 0.25) is 0 Å². The van der Waals surface area contributed by atoms with Crippen molar-refractivity contribution in [2.24, 2.45) is 35.3 Å². The fraction of sp³-hybridized carbons (Fsp3) is 0.643. The molecule has 2 aliphatic heterocycles. The topological polar surface area (TPSA) is 391 Å². The summed E-state index contributed by atoms with van der Waals surface area (Å²) >= 11 is 0. The monoisotopic (exact) mass is 1440 g/mol. The molecule has 0 radical (unpaired) electrons. The van der Waals surface area contributed by atoms with E-state index in [-0.39, 0.29) is 131 Å². The number of urea groups is 1. The van der Waals surface area contributed by atoms with Crippen LogP contribution >= 0.6 is 0 Å². The van der Waals surface area contributed by atoms with Crippen molar-refractivity contribution >= 4 is 80.8 Å². The minimum Gasteiger partial charge on any atom is -0.379 e. The highest BCUT2D eigenvalue weighted by Gasteiger charge is 2.44. The highest BCUT2D eigenvalue weighted by molar-refractivity contribution is 7.90. The van der Waals surface area contributed by atoms with Crippen molar-refractivity contribution in [3.05, 3.63) is 72.3 Å². The van der Waals surface area contributed by atoms with Gasteiger partial charge < -0.3 is 71.1 Å². The van der Waals surface area contributed by atoms with Crippen LogP contribution in [0, 0.1) is 29.6 Å². The molecule has 1 saturated heterocycles. The van der Waals surface area contributed by atoms with E-state index in [4.69, 9.17) is 29.4 Å². The number of nitrogens with two attached hydrogens (primary N) is 1. The number of amides is 12. The summed E-state index contributed by atoms with van der Waals surface area (Å²) in [5, 5.41) is 16.2. The van der Waals surface area contributed by atoms with Crippen molar-refractivity contribution in [2.75, 3.05) is 100.0 Å². The molecule has 1 fully saturated rings. The van der Waals surface area contributed by atoms with Crippen LogP contribution in [0.5, 0.6) is 0 Å². The number of ether oxygens (including phenoxy) is 5. The number of nitrogens with zero attached hydrogens (tertiary/aromatic N) is 4. The van der Waals surface area contributed by atoms with Gasteiger partial charge in [-0.25, -0.2) is 17.9 Å². The van der Waals surface area contributed by atoms with Gasteiger partial charge in [0.05, 0.1) is 93.8 Å². The minimum absolute atomic E-state index is 0.00353. The Labute approximate surface area is 594 Å². The molecule has 0 aromatic heterocycles. The first-order valence-electron chi connectivity index (χ1n) is 34.6. The van der Waals surface area contributed by atoms with Crippen molar-refractivity contribution in [3.8, 4) is 0 Å². The molecule has 9 N–H and O–H groups in total. The summed E-state index contributed by atoms with van der Waals surface area (Å²) in [5.41, 5.74) is 5.93. The Kier molecular flexibility index (Phi) is 35.9. The summed E-state index contributed by atoms with van der Waals surface area (Å²) in [4.78, 5) is 153. The molecule has 2 aromatic rings. The molecule has 0 unspecified atom stereocenters. The summed E-state index contributed by atoms with van der Waals surface area (Å²) < 4.78 is 58.7. The Balaban J connectivity index is 1.41. The number of rotatable bonds is 45. The third-order valence-electron chi connectivity index (χ3n) is 18.0. The normalized spacial score (nSPS) is 17.0. The predicted octanol–water partition coefficient (Wildman–Crippen LogP) is 2.24. The van der Waals surface area contributed by atoms with Crippen LogP contribution in [0.4, 0.5) is 10.5 Å². The minimum atomic E-state index is -4.66. The summed E-state index contributed by atoms with van der Waals surface area (Å²) in [6, 6.07) is 6.29. The number of anilines is 1. The average Bonchev–Trinajstić information content (AvgIpc) is 1.18. The van der Waals surface area contributed by atoms with Gasteiger partial charge >= 0.3 is 6.03 Å². The second-order valence-corrected chi connectivity index (χ2v) is 28.4. The summed E-state index contributed by atoms with van der Waals surface area (Å²) in [5.74, 6) is -7.24. The van der Waals surface area contributed by atoms with Crippen LogP contribution in [0.3, 0.4) is 0 Å². The maximum absolute atomic E-state index is 14.6. The first-order chi connectivity index (χ1) is 47.8. The molecule has 11 atom stereocenters. The highest BCUT2D eigenvalue weighted by Crippen LogP contribution is 2.30. The average molecular weight is 1440 g/mol. The fourth-order valence-electron chi connectivity index (χ4n) is 12.3. The van der Waals surface area contributed by atoms with Crippen molar-refractivity contribution in [1.82, 2.24) is 50.9 Å². The molecule has 2 aromatic carbocycles. The van der Waals surface area contributed by atoms with E-state index in [0.717, 1.165) is 17.0 Å². The second-order valence-electron chi connectivity index (χ2n) is 26.7. The molecule has 101 heavy (non-hydrogen) atoms. The van der Waals surface area contributed by atoms with E-state index in [0.29, 0.717) is 31.4 Å². The van der Waals surface area contributed by atoms with Crippen molar-refractivity contribution in [3.63, 3.8) is 0 Å². The van der Waals surface area contributed by atoms with Gasteiger partial charge in [0.1, 0.15) is 24.2 Å². The SMILES string of the molecule is CC[C@H](C)[C@@H]([C@@H](CC(=O)N1CCC[C@H]1[C@H](OC)[C@@H](C)C(=O)N[C@@H](Cc1ccccc1)C(=O)NS(=O)(=O)c1ccc(NC(=O)[C@H](CCCNC(N)=O)NC(=O)[C@@H](NC(=O)CCOCCOCCOCCN2C(=O)C=CC2=O)C(C)C)cc1)OC)N(C)C(=O)[C@@H](NC(=O)[C@H](C(C)C)N(C)C)C(C)C. The maximum atomic E-state index is 14.6. The van der Waals surface area contributed by atoms with E-state index in [1.54, 1.807) is 68.0 Å². The van der Waals surface area contributed by atoms with Crippen molar-refractivity contribution in [2.45, 2.75) is 173 Å².